The number of ether oxygens (including phenoxy) is 3. The number of methoxy groups -OCH3 is 3. The number of carbonyl (C=O) groups is 2. The van der Waals surface area contributed by atoms with Crippen LogP contribution in [0.1, 0.15) is 22.7 Å². The number of para-hydroxylation sites is 1. The molecule has 2 N–H and O–H groups in total. The molecule has 0 aliphatic carbocycles. The number of Topliss-reactive ketones (excluding diaryl/α,β-unsaturated/α-hetero) is 1. The minimum absolute atomic E-state index is 0.0197. The molecule has 3 aromatic carbocycles. The van der Waals surface area contributed by atoms with Crippen LogP contribution in [0.25, 0.3) is 16.7 Å². The minimum atomic E-state index is -0.817. The standard InChI is InChI=1S/C30H28N2O6/c1-36-21-11-8-18(9-12-21)28(33)26-27(19-10-13-24(37-2)25(16-19)38-3)32(30(35)29(26)34)15-14-20-17-31-23-7-5-4-6-22(20)23/h4-13,16-17,27,31,33H,14-15H2,1-3H3/b28-26-. The van der Waals surface area contributed by atoms with Crippen LogP contribution < -0.4 is 14.2 Å². The third kappa shape index (κ3) is 4.34. The SMILES string of the molecule is COc1ccc(/C(O)=C2/C(=O)C(=O)N(CCc3c[nH]c4ccccc34)C2c2ccc(OC)c(OC)c2)cc1. The number of nitrogens with one attached hydrogen (secondary N) is 1. The number of amides is 1. The van der Waals surface area contributed by atoms with Crippen molar-refractivity contribution in [1.82, 2.24) is 9.88 Å². The van der Waals surface area contributed by atoms with Crippen LogP contribution in [0.5, 0.6) is 17.2 Å². The summed E-state index contributed by atoms with van der Waals surface area (Å²) in [5.74, 6) is -0.0758. The zero-order valence-corrected chi connectivity index (χ0v) is 21.4. The fourth-order valence-electron chi connectivity index (χ4n) is 4.96. The van der Waals surface area contributed by atoms with Crippen LogP contribution in [0.15, 0.2) is 78.5 Å². The van der Waals surface area contributed by atoms with E-state index in [1.165, 1.54) is 19.1 Å². The number of carbonyl (C=O) groups excluding carboxylic acids is 2. The lowest BCUT2D eigenvalue weighted by Crippen LogP contribution is -2.31. The van der Waals surface area contributed by atoms with Crippen LogP contribution >= 0.6 is 0 Å². The maximum absolute atomic E-state index is 13.4. The molecule has 1 aliphatic heterocycles. The van der Waals surface area contributed by atoms with Gasteiger partial charge < -0.3 is 29.2 Å². The predicted octanol–water partition coefficient (Wildman–Crippen LogP) is 4.86. The van der Waals surface area contributed by atoms with Crippen LogP contribution in [0.3, 0.4) is 0 Å². The van der Waals surface area contributed by atoms with Gasteiger partial charge in [0.15, 0.2) is 11.5 Å². The largest absolute Gasteiger partial charge is 0.507 e. The highest BCUT2D eigenvalue weighted by Crippen LogP contribution is 2.42. The minimum Gasteiger partial charge on any atom is -0.507 e. The Balaban J connectivity index is 1.59. The van der Waals surface area contributed by atoms with E-state index in [9.17, 15) is 14.7 Å². The van der Waals surface area contributed by atoms with E-state index in [1.807, 2.05) is 30.5 Å². The smallest absolute Gasteiger partial charge is 0.295 e. The molecule has 1 fully saturated rings. The second-order valence-corrected chi connectivity index (χ2v) is 8.94. The summed E-state index contributed by atoms with van der Waals surface area (Å²) in [5, 5.41) is 12.4. The van der Waals surface area contributed by atoms with Gasteiger partial charge in [0.05, 0.1) is 32.9 Å². The molecular weight excluding hydrogens is 484 g/mol. The van der Waals surface area contributed by atoms with E-state index in [-0.39, 0.29) is 17.9 Å². The number of aliphatic hydroxyl groups is 1. The maximum atomic E-state index is 13.4. The summed E-state index contributed by atoms with van der Waals surface area (Å²) in [6.45, 7) is 0.269. The molecule has 0 spiro atoms. The van der Waals surface area contributed by atoms with E-state index >= 15 is 0 Å². The molecule has 0 saturated carbocycles. The Labute approximate surface area is 220 Å². The average molecular weight is 513 g/mol. The molecule has 8 nitrogen and oxygen atoms in total. The molecule has 1 aliphatic rings. The zero-order valence-electron chi connectivity index (χ0n) is 21.4. The van der Waals surface area contributed by atoms with Gasteiger partial charge in [-0.1, -0.05) is 24.3 Å². The van der Waals surface area contributed by atoms with Crippen molar-refractivity contribution in [2.75, 3.05) is 27.9 Å². The summed E-state index contributed by atoms with van der Waals surface area (Å²) < 4.78 is 16.1. The second kappa shape index (κ2) is 10.3. The van der Waals surface area contributed by atoms with Crippen molar-refractivity contribution in [3.63, 3.8) is 0 Å². The number of aliphatic hydroxyl groups excluding tert-OH is 1. The van der Waals surface area contributed by atoms with Gasteiger partial charge in [-0.05, 0) is 60.0 Å². The van der Waals surface area contributed by atoms with Gasteiger partial charge in [0.25, 0.3) is 11.7 Å². The molecule has 0 radical (unpaired) electrons. The summed E-state index contributed by atoms with van der Waals surface area (Å²) in [4.78, 5) is 31.5. The lowest BCUT2D eigenvalue weighted by molar-refractivity contribution is -0.139. The molecule has 38 heavy (non-hydrogen) atoms. The maximum Gasteiger partial charge on any atom is 0.295 e. The molecule has 8 heteroatoms. The first kappa shape index (κ1) is 25.0. The normalized spacial score (nSPS) is 16.7. The first-order valence-corrected chi connectivity index (χ1v) is 12.2. The Kier molecular flexibility index (Phi) is 6.79. The highest BCUT2D eigenvalue weighted by Gasteiger charge is 2.46. The number of hydrogen-bond donors (Lipinski definition) is 2. The van der Waals surface area contributed by atoms with Crippen molar-refractivity contribution in [3.8, 4) is 17.2 Å². The van der Waals surface area contributed by atoms with Gasteiger partial charge in [-0.15, -0.1) is 0 Å². The van der Waals surface area contributed by atoms with E-state index in [4.69, 9.17) is 14.2 Å². The van der Waals surface area contributed by atoms with E-state index < -0.39 is 17.7 Å². The van der Waals surface area contributed by atoms with Gasteiger partial charge in [0.1, 0.15) is 11.5 Å². The quantitative estimate of drug-likeness (QED) is 0.199. The number of aromatic nitrogens is 1. The average Bonchev–Trinajstić information content (AvgIpc) is 3.49. The van der Waals surface area contributed by atoms with Crippen LogP contribution in [0, 0.1) is 0 Å². The Morgan fingerprint density at radius 3 is 2.37 bits per heavy atom. The van der Waals surface area contributed by atoms with Crippen molar-refractivity contribution < 1.29 is 28.9 Å². The Hall–Kier alpha value is -4.72. The van der Waals surface area contributed by atoms with E-state index in [1.54, 1.807) is 49.6 Å². The molecule has 4 aromatic rings. The molecule has 1 amide bonds. The van der Waals surface area contributed by atoms with Crippen molar-refractivity contribution >= 4 is 28.4 Å². The Morgan fingerprint density at radius 2 is 1.66 bits per heavy atom. The third-order valence-corrected chi connectivity index (χ3v) is 6.92. The number of benzene rings is 3. The summed E-state index contributed by atoms with van der Waals surface area (Å²) in [6.07, 6.45) is 2.44. The van der Waals surface area contributed by atoms with Crippen molar-refractivity contribution in [2.24, 2.45) is 0 Å². The van der Waals surface area contributed by atoms with Gasteiger partial charge in [-0.3, -0.25) is 9.59 Å². The highest BCUT2D eigenvalue weighted by molar-refractivity contribution is 6.46. The predicted molar refractivity (Wildman–Crippen MR) is 144 cm³/mol. The fourth-order valence-corrected chi connectivity index (χ4v) is 4.96. The molecule has 0 bridgehead atoms. The third-order valence-electron chi connectivity index (χ3n) is 6.92. The van der Waals surface area contributed by atoms with Crippen LogP contribution in [-0.4, -0.2) is 54.6 Å². The van der Waals surface area contributed by atoms with E-state index in [0.717, 1.165) is 16.5 Å². The van der Waals surface area contributed by atoms with E-state index in [2.05, 4.69) is 4.98 Å². The lowest BCUT2D eigenvalue weighted by Gasteiger charge is -2.26. The van der Waals surface area contributed by atoms with Gasteiger partial charge in [0, 0.05) is 29.2 Å². The summed E-state index contributed by atoms with van der Waals surface area (Å²) >= 11 is 0. The van der Waals surface area contributed by atoms with Gasteiger partial charge >= 0.3 is 0 Å². The zero-order chi connectivity index (χ0) is 26.8. The number of ketones is 1. The lowest BCUT2D eigenvalue weighted by atomic mass is 9.94. The first-order chi connectivity index (χ1) is 18.5. The molecular formula is C30H28N2O6. The number of rotatable bonds is 8. The number of fused-ring (bicyclic) bond motifs is 1. The number of nitrogens with zero attached hydrogens (tertiary/aromatic N) is 1. The van der Waals surface area contributed by atoms with Crippen LogP contribution in [0.2, 0.25) is 0 Å². The van der Waals surface area contributed by atoms with Crippen molar-refractivity contribution in [2.45, 2.75) is 12.5 Å². The molecule has 2 heterocycles. The molecule has 1 atom stereocenters. The number of aromatic amines is 1. The Morgan fingerprint density at radius 1 is 0.921 bits per heavy atom. The van der Waals surface area contributed by atoms with Gasteiger partial charge in [-0.25, -0.2) is 0 Å². The monoisotopic (exact) mass is 512 g/mol. The number of H-pyrrole nitrogens is 1. The van der Waals surface area contributed by atoms with Crippen molar-refractivity contribution in [1.29, 1.82) is 0 Å². The van der Waals surface area contributed by atoms with E-state index in [0.29, 0.717) is 34.8 Å². The molecule has 194 valence electrons. The highest BCUT2D eigenvalue weighted by atomic mass is 16.5. The fraction of sp³-hybridized carbons (Fsp3) is 0.200. The topological polar surface area (TPSA) is 101 Å². The van der Waals surface area contributed by atoms with Crippen molar-refractivity contribution in [3.05, 3.63) is 95.2 Å². The van der Waals surface area contributed by atoms with Gasteiger partial charge in [-0.2, -0.15) is 0 Å². The molecule has 1 aromatic heterocycles. The number of likely N-dealkylation sites (tertiary alicyclic amines) is 1. The summed E-state index contributed by atoms with van der Waals surface area (Å²) in [7, 11) is 4.60. The molecule has 1 saturated heterocycles. The molecule has 5 rings (SSSR count). The second-order valence-electron chi connectivity index (χ2n) is 8.94. The first-order valence-electron chi connectivity index (χ1n) is 12.2. The summed E-state index contributed by atoms with van der Waals surface area (Å²) in [6, 6.07) is 19.0. The molecule has 1 unspecified atom stereocenters. The van der Waals surface area contributed by atoms with Gasteiger partial charge in [0.2, 0.25) is 0 Å². The summed E-state index contributed by atoms with van der Waals surface area (Å²) in [5.41, 5.74) is 3.08. The van der Waals surface area contributed by atoms with Crippen LogP contribution in [0.4, 0.5) is 0 Å². The number of hydrogen-bond acceptors (Lipinski definition) is 6. The van der Waals surface area contributed by atoms with Crippen LogP contribution in [-0.2, 0) is 16.0 Å². The Bertz CT molecular complexity index is 1540.